The van der Waals surface area contributed by atoms with Crippen LogP contribution in [0.2, 0.25) is 0 Å². The molecule has 0 aromatic rings. The van der Waals surface area contributed by atoms with Gasteiger partial charge in [-0.15, -0.1) is 0 Å². The largest absolute Gasteiger partial charge is 0.462 e. The van der Waals surface area contributed by atoms with Crippen LogP contribution in [0.3, 0.4) is 0 Å². The van der Waals surface area contributed by atoms with Crippen LogP contribution in [-0.4, -0.2) is 37.2 Å². The number of unbranched alkanes of at least 4 members (excludes halogenated alkanes) is 25. The van der Waals surface area contributed by atoms with Crippen molar-refractivity contribution < 1.29 is 28.6 Å². The van der Waals surface area contributed by atoms with Gasteiger partial charge in [0.15, 0.2) is 6.10 Å². The number of carbonyl (C=O) groups excluding carboxylic acids is 3. The van der Waals surface area contributed by atoms with E-state index in [0.29, 0.717) is 19.3 Å². The number of hydrogen-bond acceptors (Lipinski definition) is 6. The van der Waals surface area contributed by atoms with E-state index in [0.717, 1.165) is 135 Å². The van der Waals surface area contributed by atoms with Crippen LogP contribution in [0.4, 0.5) is 0 Å². The Hall–Kier alpha value is -4.45. The summed E-state index contributed by atoms with van der Waals surface area (Å²) in [6.07, 6.45) is 93.2. The van der Waals surface area contributed by atoms with Gasteiger partial charge in [0.1, 0.15) is 13.2 Å². The summed E-state index contributed by atoms with van der Waals surface area (Å²) in [7, 11) is 0. The first-order valence-electron chi connectivity index (χ1n) is 32.7. The minimum absolute atomic E-state index is 0.0949. The van der Waals surface area contributed by atoms with E-state index in [-0.39, 0.29) is 31.1 Å². The molecule has 0 aromatic heterocycles. The highest BCUT2D eigenvalue weighted by molar-refractivity contribution is 5.71. The van der Waals surface area contributed by atoms with Crippen molar-refractivity contribution >= 4 is 17.9 Å². The Bertz CT molecular complexity index is 1680. The van der Waals surface area contributed by atoms with Gasteiger partial charge in [0.2, 0.25) is 0 Å². The van der Waals surface area contributed by atoms with E-state index < -0.39 is 6.10 Å². The molecule has 6 heteroatoms. The predicted molar refractivity (Wildman–Crippen MR) is 343 cm³/mol. The second kappa shape index (κ2) is 66.1. The molecule has 1 unspecified atom stereocenters. The number of hydrogen-bond donors (Lipinski definition) is 0. The normalized spacial score (nSPS) is 13.0. The van der Waals surface area contributed by atoms with Crippen LogP contribution in [0.1, 0.15) is 290 Å². The molecule has 0 bridgehead atoms. The average Bonchev–Trinajstić information content (AvgIpc) is 3.45. The summed E-state index contributed by atoms with van der Waals surface area (Å²) < 4.78 is 16.9. The van der Waals surface area contributed by atoms with Crippen molar-refractivity contribution in [1.82, 2.24) is 0 Å². The van der Waals surface area contributed by atoms with Gasteiger partial charge < -0.3 is 14.2 Å². The summed E-state index contributed by atoms with van der Waals surface area (Å²) >= 11 is 0. The van der Waals surface area contributed by atoms with E-state index in [4.69, 9.17) is 14.2 Å². The molecule has 0 fully saturated rings. The molecule has 1 atom stereocenters. The Morgan fingerprint density at radius 2 is 0.494 bits per heavy atom. The van der Waals surface area contributed by atoms with E-state index in [2.05, 4.69) is 154 Å². The van der Waals surface area contributed by atoms with Crippen LogP contribution in [0.25, 0.3) is 0 Å². The Labute approximate surface area is 487 Å². The van der Waals surface area contributed by atoms with Gasteiger partial charge in [-0.2, -0.15) is 0 Å². The van der Waals surface area contributed by atoms with Gasteiger partial charge in [-0.05, 0) is 135 Å². The standard InChI is InChI=1S/C73H120O6/c1-4-7-10-13-16-19-22-25-27-29-30-31-32-33-34-35-36-37-38-39-40-41-42-44-45-48-51-54-57-60-63-66-72(75)78-69-70(68-77-71(74)65-62-59-56-53-50-47-24-21-18-15-12-9-6-3)79-73(76)67-64-61-58-55-52-49-46-43-28-26-23-20-17-14-11-8-5-2/h7,9-10,12,16,18-19,21,25-28,30-31,33-34,36-37,39-40,47,50,70H,4-6,8,11,13-15,17,20,22-24,29,32,35,38,41-46,48-49,51-69H2,1-3H3/b10-7-,12-9-,19-16-,21-18-,27-25-,28-26-,31-30-,34-33-,37-36-,40-39-,50-47-. The highest BCUT2D eigenvalue weighted by atomic mass is 16.6. The van der Waals surface area contributed by atoms with Crippen LogP contribution in [0, 0.1) is 0 Å². The van der Waals surface area contributed by atoms with Gasteiger partial charge in [0.25, 0.3) is 0 Å². The third kappa shape index (κ3) is 64.3. The SMILES string of the molecule is CC/C=C\C/C=C\C/C=C\C/C=C\C/C=C\C/C=C\C/C=C\CCCCCCCCCCCC(=O)OCC(COC(=O)CCCCC/C=C\C/C=C\C/C=C\CC)OC(=O)CCCCCCCCC/C=C\CCCCCCCC. The molecule has 0 aliphatic rings. The molecule has 0 N–H and O–H groups in total. The molecule has 0 rings (SSSR count). The van der Waals surface area contributed by atoms with Gasteiger partial charge in [0.05, 0.1) is 0 Å². The molecule has 0 aliphatic carbocycles. The summed E-state index contributed by atoms with van der Waals surface area (Å²) in [6, 6.07) is 0. The van der Waals surface area contributed by atoms with Crippen LogP contribution in [0.15, 0.2) is 134 Å². The Morgan fingerprint density at radius 3 is 0.797 bits per heavy atom. The third-order valence-electron chi connectivity index (χ3n) is 13.6. The molecule has 0 saturated carbocycles. The predicted octanol–water partition coefficient (Wildman–Crippen LogP) is 22.5. The van der Waals surface area contributed by atoms with Crippen molar-refractivity contribution in [2.75, 3.05) is 13.2 Å². The highest BCUT2D eigenvalue weighted by Gasteiger charge is 2.19. The Morgan fingerprint density at radius 1 is 0.266 bits per heavy atom. The quantitative estimate of drug-likeness (QED) is 0.0261. The second-order valence-corrected chi connectivity index (χ2v) is 21.3. The van der Waals surface area contributed by atoms with E-state index in [1.54, 1.807) is 0 Å². The zero-order valence-electron chi connectivity index (χ0n) is 51.3. The summed E-state index contributed by atoms with van der Waals surface area (Å²) in [5, 5.41) is 0. The van der Waals surface area contributed by atoms with E-state index in [1.807, 2.05) is 0 Å². The van der Waals surface area contributed by atoms with Crippen LogP contribution in [-0.2, 0) is 28.6 Å². The van der Waals surface area contributed by atoms with Crippen LogP contribution >= 0.6 is 0 Å². The van der Waals surface area contributed by atoms with Gasteiger partial charge >= 0.3 is 17.9 Å². The van der Waals surface area contributed by atoms with Crippen LogP contribution < -0.4 is 0 Å². The minimum Gasteiger partial charge on any atom is -0.462 e. The fourth-order valence-electron chi connectivity index (χ4n) is 8.79. The maximum Gasteiger partial charge on any atom is 0.306 e. The van der Waals surface area contributed by atoms with Gasteiger partial charge in [-0.25, -0.2) is 0 Å². The lowest BCUT2D eigenvalue weighted by atomic mass is 10.1. The minimum atomic E-state index is -0.800. The van der Waals surface area contributed by atoms with Crippen molar-refractivity contribution in [3.63, 3.8) is 0 Å². The highest BCUT2D eigenvalue weighted by Crippen LogP contribution is 2.15. The molecule has 0 aromatic carbocycles. The molecule has 0 spiro atoms. The lowest BCUT2D eigenvalue weighted by Gasteiger charge is -2.18. The fourth-order valence-corrected chi connectivity index (χ4v) is 8.79. The molecule has 0 amide bonds. The molecular formula is C73H120O6. The molecule has 448 valence electrons. The molecular weight excluding hydrogens is 973 g/mol. The number of ether oxygens (including phenoxy) is 3. The zero-order chi connectivity index (χ0) is 57.1. The molecule has 79 heavy (non-hydrogen) atoms. The third-order valence-corrected chi connectivity index (χ3v) is 13.6. The van der Waals surface area contributed by atoms with E-state index >= 15 is 0 Å². The molecule has 0 saturated heterocycles. The summed E-state index contributed by atoms with van der Waals surface area (Å²) in [6.45, 7) is 6.38. The molecule has 0 radical (unpaired) electrons. The lowest BCUT2D eigenvalue weighted by Crippen LogP contribution is -2.30. The first kappa shape index (κ1) is 74.5. The molecule has 0 heterocycles. The first-order valence-corrected chi connectivity index (χ1v) is 32.7. The zero-order valence-corrected chi connectivity index (χ0v) is 51.3. The van der Waals surface area contributed by atoms with Crippen molar-refractivity contribution in [3.8, 4) is 0 Å². The Kier molecular flexibility index (Phi) is 62.3. The van der Waals surface area contributed by atoms with Crippen molar-refractivity contribution in [3.05, 3.63) is 134 Å². The maximum absolute atomic E-state index is 12.9. The average molecular weight is 1090 g/mol. The molecule has 0 aliphatic heterocycles. The molecule has 6 nitrogen and oxygen atoms in total. The topological polar surface area (TPSA) is 78.9 Å². The number of esters is 3. The van der Waals surface area contributed by atoms with Crippen molar-refractivity contribution in [2.24, 2.45) is 0 Å². The monoisotopic (exact) mass is 1090 g/mol. The fraction of sp³-hybridized carbons (Fsp3) is 0.658. The number of carbonyl (C=O) groups is 3. The smallest absolute Gasteiger partial charge is 0.306 e. The van der Waals surface area contributed by atoms with E-state index in [1.165, 1.54) is 116 Å². The lowest BCUT2D eigenvalue weighted by molar-refractivity contribution is -0.167. The number of allylic oxidation sites excluding steroid dienone is 22. The number of rotatable bonds is 58. The van der Waals surface area contributed by atoms with Crippen molar-refractivity contribution in [2.45, 2.75) is 297 Å². The van der Waals surface area contributed by atoms with Gasteiger partial charge in [0, 0.05) is 19.3 Å². The van der Waals surface area contributed by atoms with E-state index in [9.17, 15) is 14.4 Å². The Balaban J connectivity index is 4.31. The second-order valence-electron chi connectivity index (χ2n) is 21.3. The summed E-state index contributed by atoms with van der Waals surface area (Å²) in [4.78, 5) is 38.3. The van der Waals surface area contributed by atoms with Crippen LogP contribution in [0.5, 0.6) is 0 Å². The first-order chi connectivity index (χ1) is 39.0. The maximum atomic E-state index is 12.9. The summed E-state index contributed by atoms with van der Waals surface area (Å²) in [5.41, 5.74) is 0. The summed E-state index contributed by atoms with van der Waals surface area (Å²) in [5.74, 6) is -0.932. The van der Waals surface area contributed by atoms with Crippen molar-refractivity contribution in [1.29, 1.82) is 0 Å². The van der Waals surface area contributed by atoms with Gasteiger partial charge in [-0.1, -0.05) is 270 Å². The van der Waals surface area contributed by atoms with Gasteiger partial charge in [-0.3, -0.25) is 14.4 Å².